The molecule has 1 amide bonds. The summed E-state index contributed by atoms with van der Waals surface area (Å²) in [5, 5.41) is 7.67. The van der Waals surface area contributed by atoms with Crippen LogP contribution in [-0.2, 0) is 27.4 Å². The number of hydrogen-bond acceptors (Lipinski definition) is 7. The molecule has 0 bridgehead atoms. The monoisotopic (exact) mass is 576 g/mol. The van der Waals surface area contributed by atoms with Crippen molar-refractivity contribution in [3.8, 4) is 11.1 Å². The Morgan fingerprint density at radius 1 is 1.10 bits per heavy atom. The third-order valence-electron chi connectivity index (χ3n) is 7.15. The maximum absolute atomic E-state index is 13.8. The van der Waals surface area contributed by atoms with Gasteiger partial charge in [0.1, 0.15) is 11.5 Å². The molecule has 2 aliphatic carbocycles. The van der Waals surface area contributed by atoms with Crippen molar-refractivity contribution in [1.29, 1.82) is 0 Å². The van der Waals surface area contributed by atoms with Gasteiger partial charge in [-0.05, 0) is 87.7 Å². The number of carbonyl (C=O) groups excluding carboxylic acids is 2. The number of benzene rings is 2. The standard InChI is InChI=1S/C29H32N6O5S/c1-29(2,3)40-28(37)34-17-21-16-23(14-15-25(21)32-34)35(22-12-13-22)27(36)20-10-8-19(9-11-20)24-6-4-5-7-26(24)41(38,39)18-31-33-30/h4-11,17,22-23H,12-16,18H2,1-3H3. The molecule has 2 aliphatic rings. The van der Waals surface area contributed by atoms with Crippen LogP contribution in [-0.4, -0.2) is 58.7 Å². The highest BCUT2D eigenvalue weighted by atomic mass is 32.2. The maximum atomic E-state index is 13.8. The summed E-state index contributed by atoms with van der Waals surface area (Å²) in [5.74, 6) is -0.746. The van der Waals surface area contributed by atoms with Crippen LogP contribution in [0.2, 0.25) is 0 Å². The number of rotatable bonds is 7. The fourth-order valence-electron chi connectivity index (χ4n) is 5.20. The summed E-state index contributed by atoms with van der Waals surface area (Å²) < 4.78 is 32.2. The third-order valence-corrected chi connectivity index (χ3v) is 8.63. The number of ether oxygens (including phenoxy) is 1. The number of aryl methyl sites for hydroxylation is 1. The van der Waals surface area contributed by atoms with Crippen LogP contribution in [0.3, 0.4) is 0 Å². The molecule has 5 rings (SSSR count). The summed E-state index contributed by atoms with van der Waals surface area (Å²) in [5.41, 5.74) is 11.4. The lowest BCUT2D eigenvalue weighted by atomic mass is 9.91. The Kier molecular flexibility index (Phi) is 7.63. The minimum absolute atomic E-state index is 0.0231. The van der Waals surface area contributed by atoms with Gasteiger partial charge in [0.25, 0.3) is 5.91 Å². The van der Waals surface area contributed by atoms with Crippen LogP contribution in [0.1, 0.15) is 61.6 Å². The van der Waals surface area contributed by atoms with Crippen molar-refractivity contribution in [2.24, 2.45) is 5.11 Å². The fraction of sp³-hybridized carbons (Fsp3) is 0.414. The fourth-order valence-corrected chi connectivity index (χ4v) is 6.35. The van der Waals surface area contributed by atoms with E-state index in [9.17, 15) is 18.0 Å². The molecule has 12 heteroatoms. The minimum Gasteiger partial charge on any atom is -0.442 e. The highest BCUT2D eigenvalue weighted by Gasteiger charge is 2.39. The van der Waals surface area contributed by atoms with Crippen molar-refractivity contribution in [3.63, 3.8) is 0 Å². The van der Waals surface area contributed by atoms with Gasteiger partial charge in [-0.15, -0.1) is 0 Å². The molecule has 1 unspecified atom stereocenters. The zero-order chi connectivity index (χ0) is 29.4. The molecule has 0 radical (unpaired) electrons. The Labute approximate surface area is 238 Å². The van der Waals surface area contributed by atoms with Crippen LogP contribution >= 0.6 is 0 Å². The molecule has 0 aliphatic heterocycles. The Morgan fingerprint density at radius 3 is 2.46 bits per heavy atom. The Hall–Kier alpha value is -4.15. The number of carbonyl (C=O) groups is 2. The molecule has 2 aromatic carbocycles. The van der Waals surface area contributed by atoms with E-state index in [4.69, 9.17) is 10.3 Å². The molecule has 1 fully saturated rings. The number of aromatic nitrogens is 2. The largest absolute Gasteiger partial charge is 0.442 e. The van der Waals surface area contributed by atoms with E-state index in [-0.39, 0.29) is 22.9 Å². The molecule has 1 heterocycles. The van der Waals surface area contributed by atoms with E-state index in [1.165, 1.54) is 10.7 Å². The van der Waals surface area contributed by atoms with Gasteiger partial charge in [0, 0.05) is 34.3 Å². The quantitative estimate of drug-likeness (QED) is 0.205. The lowest BCUT2D eigenvalue weighted by Gasteiger charge is -2.34. The topological polar surface area (TPSA) is 147 Å². The highest BCUT2D eigenvalue weighted by molar-refractivity contribution is 7.91. The van der Waals surface area contributed by atoms with E-state index in [0.29, 0.717) is 29.5 Å². The number of hydrogen-bond donors (Lipinski definition) is 0. The average molecular weight is 577 g/mol. The van der Waals surface area contributed by atoms with Gasteiger partial charge in [-0.25, -0.2) is 13.2 Å². The van der Waals surface area contributed by atoms with E-state index in [1.54, 1.807) is 48.7 Å². The van der Waals surface area contributed by atoms with Crippen molar-refractivity contribution in [2.75, 3.05) is 5.88 Å². The number of sulfone groups is 1. The first-order valence-corrected chi connectivity index (χ1v) is 15.2. The molecule has 3 aromatic rings. The Balaban J connectivity index is 1.35. The first kappa shape index (κ1) is 28.4. The van der Waals surface area contributed by atoms with Gasteiger partial charge in [-0.3, -0.25) is 4.79 Å². The van der Waals surface area contributed by atoms with Crippen molar-refractivity contribution < 1.29 is 22.7 Å². The Morgan fingerprint density at radius 2 is 1.80 bits per heavy atom. The second kappa shape index (κ2) is 11.0. The van der Waals surface area contributed by atoms with E-state index in [0.717, 1.165) is 30.5 Å². The van der Waals surface area contributed by atoms with Crippen molar-refractivity contribution in [2.45, 2.75) is 75.5 Å². The predicted octanol–water partition coefficient (Wildman–Crippen LogP) is 5.54. The van der Waals surface area contributed by atoms with Crippen LogP contribution in [0.5, 0.6) is 0 Å². The average Bonchev–Trinajstić information content (AvgIpc) is 3.67. The molecule has 0 saturated heterocycles. The zero-order valence-corrected chi connectivity index (χ0v) is 24.0. The van der Waals surface area contributed by atoms with Crippen molar-refractivity contribution in [3.05, 3.63) is 82.0 Å². The second-order valence-electron chi connectivity index (χ2n) is 11.4. The molecule has 0 spiro atoms. The number of amides is 1. The smallest absolute Gasteiger partial charge is 0.435 e. The van der Waals surface area contributed by atoms with Gasteiger partial charge in [-0.1, -0.05) is 35.4 Å². The minimum atomic E-state index is -3.83. The van der Waals surface area contributed by atoms with Gasteiger partial charge < -0.3 is 9.64 Å². The van der Waals surface area contributed by atoms with Gasteiger partial charge in [0.2, 0.25) is 0 Å². The summed E-state index contributed by atoms with van der Waals surface area (Å²) in [6, 6.07) is 13.6. The van der Waals surface area contributed by atoms with Gasteiger partial charge in [0.15, 0.2) is 9.84 Å². The normalized spacial score (nSPS) is 16.8. The van der Waals surface area contributed by atoms with E-state index in [1.807, 2.05) is 25.7 Å². The van der Waals surface area contributed by atoms with Gasteiger partial charge >= 0.3 is 6.09 Å². The number of azide groups is 1. The summed E-state index contributed by atoms with van der Waals surface area (Å²) in [6.45, 7) is 5.42. The molecule has 1 saturated carbocycles. The number of fused-ring (bicyclic) bond motifs is 1. The molecule has 1 aromatic heterocycles. The number of nitrogens with zero attached hydrogens (tertiary/aromatic N) is 6. The van der Waals surface area contributed by atoms with E-state index in [2.05, 4.69) is 15.1 Å². The zero-order valence-electron chi connectivity index (χ0n) is 23.2. The second-order valence-corrected chi connectivity index (χ2v) is 13.3. The summed E-state index contributed by atoms with van der Waals surface area (Å²) in [4.78, 5) is 30.9. The van der Waals surface area contributed by atoms with E-state index >= 15 is 0 Å². The lowest BCUT2D eigenvalue weighted by Crippen LogP contribution is -2.44. The highest BCUT2D eigenvalue weighted by Crippen LogP contribution is 2.35. The molecule has 214 valence electrons. The van der Waals surface area contributed by atoms with Crippen LogP contribution < -0.4 is 0 Å². The van der Waals surface area contributed by atoms with Gasteiger partial charge in [-0.2, -0.15) is 9.78 Å². The summed E-state index contributed by atoms with van der Waals surface area (Å²) >= 11 is 0. The first-order chi connectivity index (χ1) is 19.5. The summed E-state index contributed by atoms with van der Waals surface area (Å²) in [7, 11) is -3.83. The molecule has 1 atom stereocenters. The SMILES string of the molecule is CC(C)(C)OC(=O)n1cc2c(n1)CCC(N(C(=O)c1ccc(-c3ccccc3S(=O)(=O)CN=[N+]=[N-])cc1)C1CC1)C2. The third kappa shape index (κ3) is 6.28. The Bertz CT molecular complexity index is 1630. The molecule has 0 N–H and O–H groups in total. The molecular weight excluding hydrogens is 544 g/mol. The molecular formula is C29H32N6O5S. The van der Waals surface area contributed by atoms with Crippen LogP contribution in [0, 0.1) is 0 Å². The van der Waals surface area contributed by atoms with Gasteiger partial charge in [0.05, 0.1) is 10.6 Å². The van der Waals surface area contributed by atoms with Crippen LogP contribution in [0.4, 0.5) is 4.79 Å². The van der Waals surface area contributed by atoms with Crippen molar-refractivity contribution in [1.82, 2.24) is 14.7 Å². The lowest BCUT2D eigenvalue weighted by molar-refractivity contribution is 0.0513. The van der Waals surface area contributed by atoms with Crippen LogP contribution in [0.25, 0.3) is 21.6 Å². The molecule has 11 nitrogen and oxygen atoms in total. The maximum Gasteiger partial charge on any atom is 0.435 e. The van der Waals surface area contributed by atoms with Crippen molar-refractivity contribution >= 4 is 21.8 Å². The summed E-state index contributed by atoms with van der Waals surface area (Å²) in [6.07, 6.45) is 5.09. The molecule has 41 heavy (non-hydrogen) atoms. The predicted molar refractivity (Wildman–Crippen MR) is 152 cm³/mol. The van der Waals surface area contributed by atoms with E-state index < -0.39 is 27.4 Å². The van der Waals surface area contributed by atoms with Crippen LogP contribution in [0.15, 0.2) is 64.7 Å². The first-order valence-electron chi connectivity index (χ1n) is 13.5.